The summed E-state index contributed by atoms with van der Waals surface area (Å²) < 4.78 is 27.8. The van der Waals surface area contributed by atoms with E-state index in [1.165, 1.54) is 16.9 Å². The molecule has 0 spiro atoms. The van der Waals surface area contributed by atoms with E-state index < -0.39 is 9.84 Å². The van der Waals surface area contributed by atoms with E-state index in [1.807, 2.05) is 19.9 Å². The predicted molar refractivity (Wildman–Crippen MR) is 141 cm³/mol. The lowest BCUT2D eigenvalue weighted by Gasteiger charge is -2.18. The van der Waals surface area contributed by atoms with E-state index in [9.17, 15) is 13.2 Å². The quantitative estimate of drug-likeness (QED) is 0.350. The summed E-state index contributed by atoms with van der Waals surface area (Å²) >= 11 is 1.51. The molecule has 2 aromatic heterocycles. The molecule has 2 heterocycles. The van der Waals surface area contributed by atoms with Crippen molar-refractivity contribution in [2.75, 3.05) is 11.1 Å². The number of carbonyl (C=O) groups is 1. The fourth-order valence-electron chi connectivity index (χ4n) is 3.70. The molecule has 4 rings (SSSR count). The van der Waals surface area contributed by atoms with Crippen LogP contribution in [0.25, 0.3) is 15.3 Å². The summed E-state index contributed by atoms with van der Waals surface area (Å²) in [4.78, 5) is 17.6. The zero-order valence-electron chi connectivity index (χ0n) is 20.6. The maximum absolute atomic E-state index is 12.6. The summed E-state index contributed by atoms with van der Waals surface area (Å²) in [5, 5.41) is 8.06. The summed E-state index contributed by atoms with van der Waals surface area (Å²) in [5.74, 6) is 0.167. The van der Waals surface area contributed by atoms with Crippen LogP contribution in [-0.2, 0) is 20.0 Å². The van der Waals surface area contributed by atoms with Gasteiger partial charge in [-0.15, -0.1) is 0 Å². The van der Waals surface area contributed by atoms with E-state index in [-0.39, 0.29) is 34.8 Å². The SMILES string of the molecule is Cc1ccc(S(=O)(=O)CCCC(=O)Nc2cc(C)nn2-c2nc3ccc(C(C)(C)C)cc3s2)cc1. The zero-order chi connectivity index (χ0) is 25.4. The number of amides is 1. The van der Waals surface area contributed by atoms with Gasteiger partial charge in [-0.3, -0.25) is 4.79 Å². The maximum Gasteiger partial charge on any atom is 0.225 e. The summed E-state index contributed by atoms with van der Waals surface area (Å²) in [6.07, 6.45) is 0.315. The van der Waals surface area contributed by atoms with Crippen LogP contribution in [0.15, 0.2) is 53.4 Å². The van der Waals surface area contributed by atoms with Crippen LogP contribution in [0.3, 0.4) is 0 Å². The lowest BCUT2D eigenvalue weighted by molar-refractivity contribution is -0.116. The van der Waals surface area contributed by atoms with E-state index in [2.05, 4.69) is 43.3 Å². The van der Waals surface area contributed by atoms with Gasteiger partial charge in [0.05, 0.1) is 26.6 Å². The molecule has 1 N–H and O–H groups in total. The fraction of sp³-hybridized carbons (Fsp3) is 0.346. The highest BCUT2D eigenvalue weighted by Crippen LogP contribution is 2.31. The van der Waals surface area contributed by atoms with Gasteiger partial charge in [-0.1, -0.05) is 55.9 Å². The fourth-order valence-corrected chi connectivity index (χ4v) is 5.98. The van der Waals surface area contributed by atoms with Crippen molar-refractivity contribution in [2.24, 2.45) is 0 Å². The molecule has 0 unspecified atom stereocenters. The van der Waals surface area contributed by atoms with E-state index >= 15 is 0 Å². The third-order valence-corrected chi connectivity index (χ3v) is 8.53. The first-order valence-electron chi connectivity index (χ1n) is 11.5. The van der Waals surface area contributed by atoms with Crippen LogP contribution in [0.5, 0.6) is 0 Å². The lowest BCUT2D eigenvalue weighted by Crippen LogP contribution is -2.16. The molecule has 184 valence electrons. The lowest BCUT2D eigenvalue weighted by atomic mass is 9.87. The number of aryl methyl sites for hydroxylation is 2. The molecule has 0 aliphatic rings. The van der Waals surface area contributed by atoms with Gasteiger partial charge in [0.2, 0.25) is 11.0 Å². The number of fused-ring (bicyclic) bond motifs is 1. The number of rotatable bonds is 7. The second-order valence-electron chi connectivity index (χ2n) is 9.80. The highest BCUT2D eigenvalue weighted by molar-refractivity contribution is 7.91. The number of sulfone groups is 1. The smallest absolute Gasteiger partial charge is 0.225 e. The molecule has 0 aliphatic heterocycles. The Labute approximate surface area is 210 Å². The van der Waals surface area contributed by atoms with Crippen molar-refractivity contribution in [3.05, 3.63) is 65.4 Å². The first-order chi connectivity index (χ1) is 16.4. The van der Waals surface area contributed by atoms with E-state index in [0.29, 0.717) is 10.9 Å². The van der Waals surface area contributed by atoms with Crippen LogP contribution in [0.1, 0.15) is 50.4 Å². The highest BCUT2D eigenvalue weighted by atomic mass is 32.2. The normalized spacial score (nSPS) is 12.3. The summed E-state index contributed by atoms with van der Waals surface area (Å²) in [6.45, 7) is 10.3. The Morgan fingerprint density at radius 1 is 1.06 bits per heavy atom. The molecule has 35 heavy (non-hydrogen) atoms. The van der Waals surface area contributed by atoms with Gasteiger partial charge in [-0.2, -0.15) is 9.78 Å². The molecule has 2 aromatic carbocycles. The number of hydrogen-bond acceptors (Lipinski definition) is 6. The average molecular weight is 511 g/mol. The summed E-state index contributed by atoms with van der Waals surface area (Å²) in [5.41, 5.74) is 3.89. The minimum absolute atomic E-state index is 0.0344. The Morgan fingerprint density at radius 2 is 1.77 bits per heavy atom. The summed E-state index contributed by atoms with van der Waals surface area (Å²) in [6, 6.07) is 14.8. The van der Waals surface area contributed by atoms with Crippen LogP contribution in [-0.4, -0.2) is 34.8 Å². The Hall–Kier alpha value is -3.04. The Bertz CT molecular complexity index is 1480. The van der Waals surface area contributed by atoms with Gasteiger partial charge >= 0.3 is 0 Å². The number of benzene rings is 2. The van der Waals surface area contributed by atoms with Crippen molar-refractivity contribution in [1.82, 2.24) is 14.8 Å². The molecule has 0 aliphatic carbocycles. The van der Waals surface area contributed by atoms with Crippen molar-refractivity contribution in [3.8, 4) is 5.13 Å². The second-order valence-corrected chi connectivity index (χ2v) is 12.9. The largest absolute Gasteiger partial charge is 0.311 e. The topological polar surface area (TPSA) is 94.0 Å². The first-order valence-corrected chi connectivity index (χ1v) is 14.0. The van der Waals surface area contributed by atoms with Gasteiger partial charge in [0.1, 0.15) is 5.82 Å². The molecule has 0 bridgehead atoms. The number of aromatic nitrogens is 3. The van der Waals surface area contributed by atoms with Gasteiger partial charge in [-0.25, -0.2) is 13.4 Å². The van der Waals surface area contributed by atoms with Crippen molar-refractivity contribution < 1.29 is 13.2 Å². The van der Waals surface area contributed by atoms with Gasteiger partial charge in [-0.05, 0) is 55.5 Å². The van der Waals surface area contributed by atoms with Crippen LogP contribution >= 0.6 is 11.3 Å². The van der Waals surface area contributed by atoms with Crippen molar-refractivity contribution in [1.29, 1.82) is 0 Å². The van der Waals surface area contributed by atoms with E-state index in [0.717, 1.165) is 21.5 Å². The predicted octanol–water partition coefficient (Wildman–Crippen LogP) is 5.59. The van der Waals surface area contributed by atoms with Crippen LogP contribution < -0.4 is 5.32 Å². The zero-order valence-corrected chi connectivity index (χ0v) is 22.3. The van der Waals surface area contributed by atoms with Crippen LogP contribution in [0, 0.1) is 13.8 Å². The molecule has 4 aromatic rings. The van der Waals surface area contributed by atoms with Crippen LogP contribution in [0.4, 0.5) is 5.82 Å². The maximum atomic E-state index is 12.6. The summed E-state index contributed by atoms with van der Waals surface area (Å²) in [7, 11) is -3.43. The highest BCUT2D eigenvalue weighted by Gasteiger charge is 2.19. The van der Waals surface area contributed by atoms with Gasteiger partial charge in [0.25, 0.3) is 0 Å². The average Bonchev–Trinajstić information content (AvgIpc) is 3.35. The molecular weight excluding hydrogens is 480 g/mol. The first kappa shape index (κ1) is 25.1. The number of hydrogen-bond donors (Lipinski definition) is 1. The molecule has 1 amide bonds. The number of carbonyl (C=O) groups excluding carboxylic acids is 1. The third-order valence-electron chi connectivity index (χ3n) is 5.72. The Balaban J connectivity index is 1.45. The molecule has 0 radical (unpaired) electrons. The number of nitrogens with one attached hydrogen (secondary N) is 1. The van der Waals surface area contributed by atoms with Gasteiger partial charge < -0.3 is 5.32 Å². The number of thiazole rings is 1. The molecule has 7 nitrogen and oxygen atoms in total. The van der Waals surface area contributed by atoms with Gasteiger partial charge in [0, 0.05) is 12.5 Å². The molecule has 0 atom stereocenters. The monoisotopic (exact) mass is 510 g/mol. The number of nitrogens with zero attached hydrogens (tertiary/aromatic N) is 3. The molecule has 0 fully saturated rings. The standard InChI is InChI=1S/C26H30N4O3S2/c1-17-8-11-20(12-9-17)35(32,33)14-6-7-24(31)28-23-15-18(2)29-30(23)25-27-21-13-10-19(26(3,4)5)16-22(21)34-25/h8-13,15-16H,6-7,14H2,1-5H3,(H,28,31). The van der Waals surface area contributed by atoms with Gasteiger partial charge in [0.15, 0.2) is 9.84 Å². The third kappa shape index (κ3) is 5.79. The van der Waals surface area contributed by atoms with Crippen molar-refractivity contribution in [3.63, 3.8) is 0 Å². The van der Waals surface area contributed by atoms with Crippen molar-refractivity contribution >= 4 is 43.1 Å². The number of anilines is 1. The molecule has 9 heteroatoms. The minimum atomic E-state index is -3.43. The second kappa shape index (κ2) is 9.54. The molecular formula is C26H30N4O3S2. The Morgan fingerprint density at radius 3 is 2.46 bits per heavy atom. The molecule has 0 saturated heterocycles. The van der Waals surface area contributed by atoms with Crippen molar-refractivity contribution in [2.45, 2.75) is 57.8 Å². The Kier molecular flexibility index (Phi) is 6.83. The molecule has 0 saturated carbocycles. The van der Waals surface area contributed by atoms with Crippen LogP contribution in [0.2, 0.25) is 0 Å². The van der Waals surface area contributed by atoms with E-state index in [4.69, 9.17) is 4.98 Å². The minimum Gasteiger partial charge on any atom is -0.311 e. The van der Waals surface area contributed by atoms with E-state index in [1.54, 1.807) is 35.0 Å².